The van der Waals surface area contributed by atoms with Crippen LogP contribution in [0.1, 0.15) is 24.5 Å². The number of benzene rings is 2. The number of rotatable bonds is 4. The summed E-state index contributed by atoms with van der Waals surface area (Å²) in [6.45, 7) is 1.99. The molecule has 0 heterocycles. The summed E-state index contributed by atoms with van der Waals surface area (Å²) in [5.41, 5.74) is 8.13. The Morgan fingerprint density at radius 2 is 1.61 bits per heavy atom. The Balaban J connectivity index is 2.05. The first-order valence-corrected chi connectivity index (χ1v) is 6.17. The molecule has 2 heteroatoms. The SMILES string of the molecule is CC(N)(CCc1ccccc1)c1ccc(F)cc1. The van der Waals surface area contributed by atoms with Gasteiger partial charge in [-0.3, -0.25) is 0 Å². The van der Waals surface area contributed by atoms with Crippen LogP contribution in [0.15, 0.2) is 54.6 Å². The number of aryl methyl sites for hydroxylation is 1. The van der Waals surface area contributed by atoms with E-state index < -0.39 is 5.54 Å². The van der Waals surface area contributed by atoms with E-state index in [-0.39, 0.29) is 5.82 Å². The van der Waals surface area contributed by atoms with Gasteiger partial charge in [0.15, 0.2) is 0 Å². The highest BCUT2D eigenvalue weighted by Crippen LogP contribution is 2.23. The maximum atomic E-state index is 12.9. The molecule has 2 rings (SSSR count). The second kappa shape index (κ2) is 5.32. The van der Waals surface area contributed by atoms with Crippen LogP contribution in [-0.2, 0) is 12.0 Å². The highest BCUT2D eigenvalue weighted by molar-refractivity contribution is 5.24. The lowest BCUT2D eigenvalue weighted by Gasteiger charge is -2.25. The zero-order valence-corrected chi connectivity index (χ0v) is 10.6. The van der Waals surface area contributed by atoms with Crippen LogP contribution in [-0.4, -0.2) is 0 Å². The van der Waals surface area contributed by atoms with Crippen molar-refractivity contribution in [3.05, 3.63) is 71.5 Å². The van der Waals surface area contributed by atoms with Crippen LogP contribution in [0.2, 0.25) is 0 Å². The first-order chi connectivity index (χ1) is 8.58. The molecule has 0 aliphatic heterocycles. The lowest BCUT2D eigenvalue weighted by molar-refractivity contribution is 0.452. The molecular weight excluding hydrogens is 225 g/mol. The fourth-order valence-electron chi connectivity index (χ4n) is 2.02. The smallest absolute Gasteiger partial charge is 0.123 e. The number of halogens is 1. The first kappa shape index (κ1) is 12.8. The third-order valence-corrected chi connectivity index (χ3v) is 3.28. The van der Waals surface area contributed by atoms with Gasteiger partial charge in [0, 0.05) is 5.54 Å². The molecule has 2 aromatic carbocycles. The van der Waals surface area contributed by atoms with Crippen molar-refractivity contribution in [3.63, 3.8) is 0 Å². The Hall–Kier alpha value is -1.67. The van der Waals surface area contributed by atoms with E-state index in [1.54, 1.807) is 12.1 Å². The maximum absolute atomic E-state index is 12.9. The molecule has 0 aliphatic carbocycles. The van der Waals surface area contributed by atoms with E-state index in [4.69, 9.17) is 5.73 Å². The topological polar surface area (TPSA) is 26.0 Å². The molecule has 0 radical (unpaired) electrons. The molecule has 2 N–H and O–H groups in total. The Labute approximate surface area is 107 Å². The van der Waals surface area contributed by atoms with Gasteiger partial charge in [-0.15, -0.1) is 0 Å². The molecule has 1 atom stereocenters. The molecule has 94 valence electrons. The van der Waals surface area contributed by atoms with Crippen LogP contribution in [0, 0.1) is 5.82 Å². The lowest BCUT2D eigenvalue weighted by atomic mass is 9.87. The van der Waals surface area contributed by atoms with Crippen molar-refractivity contribution in [1.82, 2.24) is 0 Å². The minimum Gasteiger partial charge on any atom is -0.322 e. The normalized spacial score (nSPS) is 14.2. The van der Waals surface area contributed by atoms with E-state index in [1.807, 2.05) is 25.1 Å². The molecule has 18 heavy (non-hydrogen) atoms. The molecule has 2 aromatic rings. The molecule has 0 saturated heterocycles. The van der Waals surface area contributed by atoms with Crippen LogP contribution in [0.5, 0.6) is 0 Å². The van der Waals surface area contributed by atoms with Crippen molar-refractivity contribution in [2.24, 2.45) is 5.73 Å². The predicted octanol–water partition coefficient (Wildman–Crippen LogP) is 3.63. The van der Waals surface area contributed by atoms with Gasteiger partial charge in [-0.05, 0) is 43.0 Å². The molecular formula is C16H18FN. The predicted molar refractivity (Wildman–Crippen MR) is 72.7 cm³/mol. The highest BCUT2D eigenvalue weighted by Gasteiger charge is 2.20. The average molecular weight is 243 g/mol. The summed E-state index contributed by atoms with van der Waals surface area (Å²) in [5, 5.41) is 0. The molecule has 1 unspecified atom stereocenters. The number of nitrogens with two attached hydrogens (primary N) is 1. The van der Waals surface area contributed by atoms with Gasteiger partial charge in [-0.1, -0.05) is 42.5 Å². The third kappa shape index (κ3) is 3.17. The summed E-state index contributed by atoms with van der Waals surface area (Å²) in [7, 11) is 0. The number of hydrogen-bond acceptors (Lipinski definition) is 1. The van der Waals surface area contributed by atoms with E-state index in [9.17, 15) is 4.39 Å². The van der Waals surface area contributed by atoms with Crippen LogP contribution in [0.25, 0.3) is 0 Å². The second-order valence-electron chi connectivity index (χ2n) is 4.91. The van der Waals surface area contributed by atoms with Gasteiger partial charge in [-0.2, -0.15) is 0 Å². The van der Waals surface area contributed by atoms with Gasteiger partial charge in [0.2, 0.25) is 0 Å². The summed E-state index contributed by atoms with van der Waals surface area (Å²) in [6.07, 6.45) is 1.76. The van der Waals surface area contributed by atoms with Gasteiger partial charge < -0.3 is 5.73 Å². The number of hydrogen-bond donors (Lipinski definition) is 1. The van der Waals surface area contributed by atoms with Crippen LogP contribution < -0.4 is 5.73 Å². The van der Waals surface area contributed by atoms with Crippen LogP contribution in [0.3, 0.4) is 0 Å². The van der Waals surface area contributed by atoms with Gasteiger partial charge in [0.25, 0.3) is 0 Å². The monoisotopic (exact) mass is 243 g/mol. The summed E-state index contributed by atoms with van der Waals surface area (Å²) in [6, 6.07) is 16.7. The van der Waals surface area contributed by atoms with Crippen molar-refractivity contribution < 1.29 is 4.39 Å². The molecule has 0 saturated carbocycles. The van der Waals surface area contributed by atoms with Crippen molar-refractivity contribution in [2.75, 3.05) is 0 Å². The summed E-state index contributed by atoms with van der Waals surface area (Å²) in [5.74, 6) is -0.224. The largest absolute Gasteiger partial charge is 0.322 e. The first-order valence-electron chi connectivity index (χ1n) is 6.17. The maximum Gasteiger partial charge on any atom is 0.123 e. The molecule has 0 aliphatic rings. The van der Waals surface area contributed by atoms with Crippen LogP contribution >= 0.6 is 0 Å². The highest BCUT2D eigenvalue weighted by atomic mass is 19.1. The van der Waals surface area contributed by atoms with Crippen molar-refractivity contribution in [3.8, 4) is 0 Å². The van der Waals surface area contributed by atoms with E-state index in [0.717, 1.165) is 18.4 Å². The molecule has 0 fully saturated rings. The van der Waals surface area contributed by atoms with Gasteiger partial charge in [-0.25, -0.2) is 4.39 Å². The fraction of sp³-hybridized carbons (Fsp3) is 0.250. The van der Waals surface area contributed by atoms with Crippen molar-refractivity contribution >= 4 is 0 Å². The molecule has 1 nitrogen and oxygen atoms in total. The molecule has 0 bridgehead atoms. The van der Waals surface area contributed by atoms with Gasteiger partial charge in [0.05, 0.1) is 0 Å². The molecule has 0 aromatic heterocycles. The Morgan fingerprint density at radius 3 is 2.22 bits per heavy atom. The summed E-state index contributed by atoms with van der Waals surface area (Å²) in [4.78, 5) is 0. The van der Waals surface area contributed by atoms with E-state index in [0.29, 0.717) is 0 Å². The van der Waals surface area contributed by atoms with Gasteiger partial charge >= 0.3 is 0 Å². The Bertz CT molecular complexity index is 488. The zero-order chi connectivity index (χ0) is 13.0. The van der Waals surface area contributed by atoms with E-state index >= 15 is 0 Å². The zero-order valence-electron chi connectivity index (χ0n) is 10.6. The van der Waals surface area contributed by atoms with Crippen LogP contribution in [0.4, 0.5) is 4.39 Å². The average Bonchev–Trinajstić information content (AvgIpc) is 2.38. The second-order valence-corrected chi connectivity index (χ2v) is 4.91. The molecule has 0 spiro atoms. The molecule has 0 amide bonds. The summed E-state index contributed by atoms with van der Waals surface area (Å²) >= 11 is 0. The minimum atomic E-state index is -0.427. The minimum absolute atomic E-state index is 0.224. The van der Waals surface area contributed by atoms with Crippen molar-refractivity contribution in [2.45, 2.75) is 25.3 Å². The lowest BCUT2D eigenvalue weighted by Crippen LogP contribution is -2.33. The van der Waals surface area contributed by atoms with Gasteiger partial charge in [0.1, 0.15) is 5.82 Å². The Morgan fingerprint density at radius 1 is 1.00 bits per heavy atom. The third-order valence-electron chi connectivity index (χ3n) is 3.28. The van der Waals surface area contributed by atoms with E-state index in [2.05, 4.69) is 12.1 Å². The van der Waals surface area contributed by atoms with E-state index in [1.165, 1.54) is 17.7 Å². The fourth-order valence-corrected chi connectivity index (χ4v) is 2.02. The quantitative estimate of drug-likeness (QED) is 0.871. The van der Waals surface area contributed by atoms with Crippen molar-refractivity contribution in [1.29, 1.82) is 0 Å². The summed E-state index contributed by atoms with van der Waals surface area (Å²) < 4.78 is 12.9. The standard InChI is InChI=1S/C16H18FN/c1-16(18,14-7-9-15(17)10-8-14)12-11-13-5-3-2-4-6-13/h2-10H,11-12,18H2,1H3. The Kier molecular flexibility index (Phi) is 3.78.